The first-order chi connectivity index (χ1) is 7.49. The van der Waals surface area contributed by atoms with Gasteiger partial charge in [-0.3, -0.25) is 0 Å². The van der Waals surface area contributed by atoms with E-state index in [1.807, 2.05) is 0 Å². The second kappa shape index (κ2) is 5.13. The lowest BCUT2D eigenvalue weighted by atomic mass is 10.1. The highest BCUT2D eigenvalue weighted by atomic mass is 16.4. The molecular formula is C10H14N4O2. The topological polar surface area (TPSA) is 128 Å². The summed E-state index contributed by atoms with van der Waals surface area (Å²) < 4.78 is 0. The zero-order valence-electron chi connectivity index (χ0n) is 8.63. The summed E-state index contributed by atoms with van der Waals surface area (Å²) >= 11 is 0. The number of nitrogens with zero attached hydrogens (tertiary/aromatic N) is 1. The van der Waals surface area contributed by atoms with Crippen LogP contribution in [0.15, 0.2) is 29.3 Å². The summed E-state index contributed by atoms with van der Waals surface area (Å²) in [6.07, 6.45) is -0.0571. The van der Waals surface area contributed by atoms with E-state index in [-0.39, 0.29) is 11.5 Å². The summed E-state index contributed by atoms with van der Waals surface area (Å²) in [7, 11) is 0. The Hall–Kier alpha value is -2.08. The fourth-order valence-electron chi connectivity index (χ4n) is 1.26. The first-order valence-electron chi connectivity index (χ1n) is 4.65. The van der Waals surface area contributed by atoms with Crippen LogP contribution in [0.25, 0.3) is 0 Å². The molecule has 0 bridgehead atoms. The predicted molar refractivity (Wildman–Crippen MR) is 60.9 cm³/mol. The lowest BCUT2D eigenvalue weighted by Gasteiger charge is -2.07. The minimum absolute atomic E-state index is 0.0605. The maximum Gasteiger partial charge on any atom is 0.335 e. The molecule has 0 aliphatic rings. The highest BCUT2D eigenvalue weighted by molar-refractivity contribution is 5.87. The standard InChI is InChI=1S/C10H14N4O2/c11-8(14-10(12)13)5-6-1-3-7(4-2-6)9(15)16/h1-4,8H,5,11H2,(H,15,16)(H4,12,13,14). The zero-order chi connectivity index (χ0) is 12.1. The van der Waals surface area contributed by atoms with Crippen molar-refractivity contribution in [3.05, 3.63) is 35.4 Å². The van der Waals surface area contributed by atoms with E-state index >= 15 is 0 Å². The number of carbonyl (C=O) groups is 1. The van der Waals surface area contributed by atoms with Gasteiger partial charge in [0.05, 0.1) is 5.56 Å². The fourth-order valence-corrected chi connectivity index (χ4v) is 1.26. The van der Waals surface area contributed by atoms with Gasteiger partial charge in [-0.1, -0.05) is 12.1 Å². The molecule has 16 heavy (non-hydrogen) atoms. The number of aliphatic imine (C=N–C) groups is 1. The second-order valence-electron chi connectivity index (χ2n) is 3.33. The monoisotopic (exact) mass is 222 g/mol. The Kier molecular flexibility index (Phi) is 3.84. The molecule has 1 aromatic rings. The quantitative estimate of drug-likeness (QED) is 0.403. The molecule has 0 fully saturated rings. The summed E-state index contributed by atoms with van der Waals surface area (Å²) in [6.45, 7) is 0. The van der Waals surface area contributed by atoms with Gasteiger partial charge < -0.3 is 22.3 Å². The van der Waals surface area contributed by atoms with E-state index in [0.717, 1.165) is 5.56 Å². The summed E-state index contributed by atoms with van der Waals surface area (Å²) in [5, 5.41) is 8.70. The van der Waals surface area contributed by atoms with Crippen molar-refractivity contribution in [3.8, 4) is 0 Å². The summed E-state index contributed by atoms with van der Waals surface area (Å²) in [5.74, 6) is -1.02. The van der Waals surface area contributed by atoms with Crippen LogP contribution in [0.4, 0.5) is 0 Å². The molecule has 6 nitrogen and oxygen atoms in total. The Morgan fingerprint density at radius 1 is 1.31 bits per heavy atom. The van der Waals surface area contributed by atoms with Crippen LogP contribution < -0.4 is 17.2 Å². The van der Waals surface area contributed by atoms with E-state index in [4.69, 9.17) is 22.3 Å². The van der Waals surface area contributed by atoms with Gasteiger partial charge in [-0.05, 0) is 17.7 Å². The second-order valence-corrected chi connectivity index (χ2v) is 3.33. The molecule has 1 atom stereocenters. The minimum Gasteiger partial charge on any atom is -0.478 e. The number of guanidine groups is 1. The average Bonchev–Trinajstić information content (AvgIpc) is 2.16. The van der Waals surface area contributed by atoms with Crippen molar-refractivity contribution < 1.29 is 9.90 Å². The van der Waals surface area contributed by atoms with Gasteiger partial charge in [0, 0.05) is 6.42 Å². The third-order valence-electron chi connectivity index (χ3n) is 1.96. The molecule has 6 heteroatoms. The number of aromatic carboxylic acids is 1. The fraction of sp³-hybridized carbons (Fsp3) is 0.200. The molecular weight excluding hydrogens is 208 g/mol. The molecule has 0 aromatic heterocycles. The van der Waals surface area contributed by atoms with E-state index in [1.54, 1.807) is 12.1 Å². The van der Waals surface area contributed by atoms with Gasteiger partial charge in [0.1, 0.15) is 6.17 Å². The number of hydrogen-bond acceptors (Lipinski definition) is 3. The molecule has 0 saturated heterocycles. The van der Waals surface area contributed by atoms with Gasteiger partial charge in [-0.2, -0.15) is 0 Å². The van der Waals surface area contributed by atoms with Crippen molar-refractivity contribution >= 4 is 11.9 Å². The van der Waals surface area contributed by atoms with Crippen molar-refractivity contribution in [3.63, 3.8) is 0 Å². The molecule has 0 aliphatic heterocycles. The SMILES string of the molecule is NC(N)=NC(N)Cc1ccc(C(=O)O)cc1. The van der Waals surface area contributed by atoms with Gasteiger partial charge in [-0.25, -0.2) is 9.79 Å². The molecule has 1 unspecified atom stereocenters. The van der Waals surface area contributed by atoms with Crippen molar-refractivity contribution in [2.45, 2.75) is 12.6 Å². The number of nitrogens with two attached hydrogens (primary N) is 3. The van der Waals surface area contributed by atoms with Crippen LogP contribution in [0.3, 0.4) is 0 Å². The molecule has 0 saturated carbocycles. The number of rotatable bonds is 4. The third-order valence-corrected chi connectivity index (χ3v) is 1.96. The van der Waals surface area contributed by atoms with Crippen molar-refractivity contribution in [2.75, 3.05) is 0 Å². The van der Waals surface area contributed by atoms with Gasteiger partial charge in [0.2, 0.25) is 0 Å². The van der Waals surface area contributed by atoms with Crippen LogP contribution in [0.5, 0.6) is 0 Å². The molecule has 0 amide bonds. The van der Waals surface area contributed by atoms with Gasteiger partial charge in [-0.15, -0.1) is 0 Å². The maximum absolute atomic E-state index is 10.6. The van der Waals surface area contributed by atoms with Crippen LogP contribution >= 0.6 is 0 Å². The normalized spacial score (nSPS) is 11.8. The molecule has 1 aromatic carbocycles. The minimum atomic E-state index is -0.958. The predicted octanol–water partition coefficient (Wildman–Crippen LogP) is -0.514. The Morgan fingerprint density at radius 2 is 1.88 bits per heavy atom. The summed E-state index contributed by atoms with van der Waals surface area (Å²) in [5.41, 5.74) is 17.1. The van der Waals surface area contributed by atoms with E-state index in [9.17, 15) is 4.79 Å². The smallest absolute Gasteiger partial charge is 0.335 e. The van der Waals surface area contributed by atoms with E-state index in [2.05, 4.69) is 4.99 Å². The first-order valence-corrected chi connectivity index (χ1v) is 4.65. The zero-order valence-corrected chi connectivity index (χ0v) is 8.63. The van der Waals surface area contributed by atoms with Gasteiger partial charge in [0.15, 0.2) is 5.96 Å². The number of benzene rings is 1. The Labute approximate surface area is 92.8 Å². The Balaban J connectivity index is 2.69. The molecule has 0 heterocycles. The lowest BCUT2D eigenvalue weighted by Crippen LogP contribution is -2.30. The van der Waals surface area contributed by atoms with E-state index in [1.165, 1.54) is 12.1 Å². The van der Waals surface area contributed by atoms with E-state index in [0.29, 0.717) is 6.42 Å². The first kappa shape index (κ1) is 12.0. The number of carboxylic acid groups (broad SMARTS) is 1. The van der Waals surface area contributed by atoms with Crippen LogP contribution in [0, 0.1) is 0 Å². The molecule has 0 aliphatic carbocycles. The van der Waals surface area contributed by atoms with Crippen molar-refractivity contribution in [2.24, 2.45) is 22.2 Å². The molecule has 0 radical (unpaired) electrons. The Morgan fingerprint density at radius 3 is 2.31 bits per heavy atom. The molecule has 7 N–H and O–H groups in total. The highest BCUT2D eigenvalue weighted by Crippen LogP contribution is 2.06. The molecule has 1 rings (SSSR count). The largest absolute Gasteiger partial charge is 0.478 e. The van der Waals surface area contributed by atoms with Gasteiger partial charge >= 0.3 is 5.97 Å². The number of carboxylic acids is 1. The average molecular weight is 222 g/mol. The van der Waals surface area contributed by atoms with Crippen LogP contribution in [-0.2, 0) is 6.42 Å². The molecule has 0 spiro atoms. The maximum atomic E-state index is 10.6. The van der Waals surface area contributed by atoms with Crippen LogP contribution in [0.1, 0.15) is 15.9 Å². The van der Waals surface area contributed by atoms with Crippen LogP contribution in [-0.4, -0.2) is 23.2 Å². The van der Waals surface area contributed by atoms with Crippen molar-refractivity contribution in [1.82, 2.24) is 0 Å². The molecule has 86 valence electrons. The summed E-state index contributed by atoms with van der Waals surface area (Å²) in [4.78, 5) is 14.4. The summed E-state index contributed by atoms with van der Waals surface area (Å²) in [6, 6.07) is 6.40. The van der Waals surface area contributed by atoms with Gasteiger partial charge in [0.25, 0.3) is 0 Å². The number of hydrogen-bond donors (Lipinski definition) is 4. The third kappa shape index (κ3) is 3.58. The van der Waals surface area contributed by atoms with E-state index < -0.39 is 12.1 Å². The lowest BCUT2D eigenvalue weighted by molar-refractivity contribution is 0.0697. The van der Waals surface area contributed by atoms with Crippen LogP contribution in [0.2, 0.25) is 0 Å². The highest BCUT2D eigenvalue weighted by Gasteiger charge is 2.05. The Bertz CT molecular complexity index is 396. The van der Waals surface area contributed by atoms with Crippen molar-refractivity contribution in [1.29, 1.82) is 0 Å².